The summed E-state index contributed by atoms with van der Waals surface area (Å²) in [5, 5.41) is 2.59. The number of carbonyl (C=O) groups is 3. The van der Waals surface area contributed by atoms with Gasteiger partial charge in [0.25, 0.3) is 5.91 Å². The summed E-state index contributed by atoms with van der Waals surface area (Å²) < 4.78 is 5.53. The maximum Gasteiger partial charge on any atom is 0.262 e. The number of hydrogen-bond acceptors (Lipinski definition) is 6. The number of ether oxygens (including phenoxy) is 1. The number of halogens is 1. The Balaban J connectivity index is 1.37. The molecule has 0 aromatic carbocycles. The molecule has 2 saturated heterocycles. The van der Waals surface area contributed by atoms with Crippen LogP contribution in [-0.2, 0) is 14.3 Å². The molecule has 174 valence electrons. The third-order valence-electron chi connectivity index (χ3n) is 6.93. The molecule has 7 nitrogen and oxygen atoms in total. The van der Waals surface area contributed by atoms with E-state index < -0.39 is 23.6 Å². The van der Waals surface area contributed by atoms with E-state index in [9.17, 15) is 14.4 Å². The molecule has 1 saturated carbocycles. The molecule has 2 aromatic heterocycles. The summed E-state index contributed by atoms with van der Waals surface area (Å²) in [5.74, 6) is -0.577. The highest BCUT2D eigenvalue weighted by molar-refractivity contribution is 7.17. The second kappa shape index (κ2) is 9.16. The lowest BCUT2D eigenvalue weighted by Crippen LogP contribution is -2.54. The van der Waals surface area contributed by atoms with E-state index in [1.807, 2.05) is 25.1 Å². The van der Waals surface area contributed by atoms with Gasteiger partial charge in [0.2, 0.25) is 5.91 Å². The molecule has 3 aliphatic rings. The highest BCUT2D eigenvalue weighted by Gasteiger charge is 2.53. The van der Waals surface area contributed by atoms with Crippen LogP contribution in [0.25, 0.3) is 10.4 Å². The zero-order chi connectivity index (χ0) is 23.1. The van der Waals surface area contributed by atoms with Crippen molar-refractivity contribution >= 4 is 40.5 Å². The largest absolute Gasteiger partial charge is 0.366 e. The van der Waals surface area contributed by atoms with Gasteiger partial charge in [-0.2, -0.15) is 0 Å². The van der Waals surface area contributed by atoms with Crippen LogP contribution in [0, 0.1) is 12.8 Å². The maximum atomic E-state index is 13.6. The summed E-state index contributed by atoms with van der Waals surface area (Å²) in [6, 6.07) is 6.22. The fraction of sp³-hybridized carbons (Fsp3) is 0.500. The normalized spacial score (nSPS) is 25.9. The Morgan fingerprint density at radius 2 is 2.06 bits per heavy atom. The van der Waals surface area contributed by atoms with Crippen LogP contribution >= 0.6 is 22.9 Å². The highest BCUT2D eigenvalue weighted by Crippen LogP contribution is 2.35. The van der Waals surface area contributed by atoms with Crippen LogP contribution in [0.2, 0.25) is 0 Å². The second-order valence-corrected chi connectivity index (χ2v) is 10.6. The monoisotopic (exact) mass is 487 g/mol. The van der Waals surface area contributed by atoms with Gasteiger partial charge in [-0.25, -0.2) is 0 Å². The molecule has 4 unspecified atom stereocenters. The fourth-order valence-corrected chi connectivity index (χ4v) is 6.58. The molecular weight excluding hydrogens is 462 g/mol. The standard InChI is InChI=1S/C24H26ClN3O4S/c1-13-15(7-4-10-26-13)18-8-9-19(33-18)23(30)27-20(14-5-2-3-6-14)24(31)28-11-16(25)22-21(28)17(29)12-32-22/h4,7-10,14,16,20-22H,2-3,5-6,11-12H2,1H3,(H,27,30). The lowest BCUT2D eigenvalue weighted by Gasteiger charge is -2.30. The van der Waals surface area contributed by atoms with E-state index in [-0.39, 0.29) is 36.7 Å². The summed E-state index contributed by atoms with van der Waals surface area (Å²) in [6.07, 6.45) is 5.08. The number of hydrogen-bond donors (Lipinski definition) is 1. The fourth-order valence-electron chi connectivity index (χ4n) is 5.24. The number of aromatic nitrogens is 1. The number of pyridine rings is 1. The van der Waals surface area contributed by atoms with Crippen molar-refractivity contribution in [1.82, 2.24) is 15.2 Å². The number of likely N-dealkylation sites (tertiary alicyclic amines) is 1. The zero-order valence-electron chi connectivity index (χ0n) is 18.3. The van der Waals surface area contributed by atoms with E-state index in [1.54, 1.807) is 17.2 Å². The summed E-state index contributed by atoms with van der Waals surface area (Å²) >= 11 is 7.78. The first-order valence-corrected chi connectivity index (χ1v) is 12.6. The van der Waals surface area contributed by atoms with E-state index in [2.05, 4.69) is 10.3 Å². The van der Waals surface area contributed by atoms with Gasteiger partial charge in [-0.3, -0.25) is 19.4 Å². The van der Waals surface area contributed by atoms with Gasteiger partial charge >= 0.3 is 0 Å². The molecular formula is C24H26ClN3O4S. The maximum absolute atomic E-state index is 13.6. The van der Waals surface area contributed by atoms with E-state index in [4.69, 9.17) is 16.3 Å². The summed E-state index contributed by atoms with van der Waals surface area (Å²) in [7, 11) is 0. The predicted molar refractivity (Wildman–Crippen MR) is 125 cm³/mol. The Morgan fingerprint density at radius 3 is 2.82 bits per heavy atom. The minimum absolute atomic E-state index is 0.0193. The SMILES string of the molecule is Cc1ncccc1-c1ccc(C(=O)NC(C(=O)N2CC(Cl)C3OCC(=O)C32)C2CCCC2)s1. The Bertz CT molecular complexity index is 1080. The minimum Gasteiger partial charge on any atom is -0.366 e. The van der Waals surface area contributed by atoms with Gasteiger partial charge in [-0.05, 0) is 43.9 Å². The summed E-state index contributed by atoms with van der Waals surface area (Å²) in [4.78, 5) is 46.6. The Hall–Kier alpha value is -2.29. The third-order valence-corrected chi connectivity index (χ3v) is 8.44. The van der Waals surface area contributed by atoms with Gasteiger partial charge in [0.05, 0.1) is 10.3 Å². The average molecular weight is 488 g/mol. The number of nitrogens with one attached hydrogen (secondary N) is 1. The van der Waals surface area contributed by atoms with Crippen LogP contribution in [0.1, 0.15) is 41.0 Å². The third kappa shape index (κ3) is 4.20. The number of thiophene rings is 1. The van der Waals surface area contributed by atoms with Crippen molar-refractivity contribution in [1.29, 1.82) is 0 Å². The molecule has 5 rings (SSSR count). The summed E-state index contributed by atoms with van der Waals surface area (Å²) in [6.45, 7) is 2.17. The number of amides is 2. The van der Waals surface area contributed by atoms with Gasteiger partial charge in [0.1, 0.15) is 24.8 Å². The number of rotatable bonds is 5. The molecule has 33 heavy (non-hydrogen) atoms. The molecule has 3 fully saturated rings. The van der Waals surface area contributed by atoms with Gasteiger partial charge in [-0.1, -0.05) is 18.9 Å². The zero-order valence-corrected chi connectivity index (χ0v) is 19.9. The van der Waals surface area contributed by atoms with Crippen molar-refractivity contribution in [3.8, 4) is 10.4 Å². The molecule has 9 heteroatoms. The molecule has 0 radical (unpaired) electrons. The molecule has 1 aliphatic carbocycles. The summed E-state index contributed by atoms with van der Waals surface area (Å²) in [5.41, 5.74) is 1.88. The number of carbonyl (C=O) groups excluding carboxylic acids is 3. The smallest absolute Gasteiger partial charge is 0.262 e. The Labute approximate surface area is 201 Å². The van der Waals surface area contributed by atoms with Crippen LogP contribution < -0.4 is 5.32 Å². The van der Waals surface area contributed by atoms with E-state index in [0.717, 1.165) is 41.8 Å². The van der Waals surface area contributed by atoms with Crippen LogP contribution in [0.4, 0.5) is 0 Å². The van der Waals surface area contributed by atoms with Gasteiger partial charge in [0, 0.05) is 28.9 Å². The van der Waals surface area contributed by atoms with Crippen molar-refractivity contribution in [3.05, 3.63) is 41.0 Å². The highest BCUT2D eigenvalue weighted by atomic mass is 35.5. The molecule has 0 bridgehead atoms. The average Bonchev–Trinajstić information content (AvgIpc) is 3.59. The van der Waals surface area contributed by atoms with Gasteiger partial charge in [-0.15, -0.1) is 22.9 Å². The van der Waals surface area contributed by atoms with E-state index in [0.29, 0.717) is 4.88 Å². The van der Waals surface area contributed by atoms with Crippen molar-refractivity contribution < 1.29 is 19.1 Å². The number of ketones is 1. The minimum atomic E-state index is -0.679. The van der Waals surface area contributed by atoms with Gasteiger partial charge in [0.15, 0.2) is 5.78 Å². The van der Waals surface area contributed by atoms with Crippen LogP contribution in [0.15, 0.2) is 30.5 Å². The van der Waals surface area contributed by atoms with Crippen molar-refractivity contribution in [2.45, 2.75) is 56.2 Å². The number of aryl methyl sites for hydroxylation is 1. The lowest BCUT2D eigenvalue weighted by molar-refractivity contribution is -0.139. The van der Waals surface area contributed by atoms with Crippen molar-refractivity contribution in [2.24, 2.45) is 5.92 Å². The molecule has 4 heterocycles. The molecule has 2 aromatic rings. The number of fused-ring (bicyclic) bond motifs is 1. The molecule has 1 N–H and O–H groups in total. The van der Waals surface area contributed by atoms with Crippen LogP contribution in [0.5, 0.6) is 0 Å². The van der Waals surface area contributed by atoms with Crippen LogP contribution in [-0.4, -0.2) is 64.2 Å². The molecule has 2 aliphatic heterocycles. The second-order valence-electron chi connectivity index (χ2n) is 8.99. The predicted octanol–water partition coefficient (Wildman–Crippen LogP) is 3.19. The lowest BCUT2D eigenvalue weighted by atomic mass is 9.96. The molecule has 4 atom stereocenters. The first kappa shape index (κ1) is 22.5. The topological polar surface area (TPSA) is 88.6 Å². The quantitative estimate of drug-likeness (QED) is 0.654. The van der Waals surface area contributed by atoms with Crippen molar-refractivity contribution in [2.75, 3.05) is 13.2 Å². The first-order chi connectivity index (χ1) is 15.9. The van der Waals surface area contributed by atoms with E-state index >= 15 is 0 Å². The number of Topliss-reactive ketones (excluding diaryl/α,β-unsaturated/α-hetero) is 1. The van der Waals surface area contributed by atoms with Gasteiger partial charge < -0.3 is 15.0 Å². The Kier molecular flexibility index (Phi) is 6.24. The molecule has 2 amide bonds. The van der Waals surface area contributed by atoms with E-state index in [1.165, 1.54) is 11.3 Å². The Morgan fingerprint density at radius 1 is 1.27 bits per heavy atom. The van der Waals surface area contributed by atoms with Crippen LogP contribution in [0.3, 0.4) is 0 Å². The first-order valence-electron chi connectivity index (χ1n) is 11.4. The number of alkyl halides is 1. The number of nitrogens with zero attached hydrogens (tertiary/aromatic N) is 2. The molecule has 0 spiro atoms. The van der Waals surface area contributed by atoms with Crippen molar-refractivity contribution in [3.63, 3.8) is 0 Å².